The number of hydrogen-bond donors (Lipinski definition) is 0. The molecule has 0 heterocycles. The number of ether oxygens (including phenoxy) is 1. The number of rotatable bonds is 3. The van der Waals surface area contributed by atoms with Crippen LogP contribution in [-0.4, -0.2) is 11.6 Å². The van der Waals surface area contributed by atoms with Crippen molar-refractivity contribution in [3.63, 3.8) is 0 Å². The molecule has 1 aromatic carbocycles. The van der Waals surface area contributed by atoms with E-state index in [1.165, 1.54) is 0 Å². The maximum atomic E-state index is 12.1. The van der Waals surface area contributed by atoms with Gasteiger partial charge in [-0.15, -0.1) is 0 Å². The van der Waals surface area contributed by atoms with Crippen molar-refractivity contribution in [2.24, 2.45) is 0 Å². The van der Waals surface area contributed by atoms with Gasteiger partial charge >= 0.3 is 6.04 Å². The van der Waals surface area contributed by atoms with E-state index < -0.39 is 6.04 Å². The van der Waals surface area contributed by atoms with Crippen LogP contribution in [0.2, 0.25) is 0 Å². The fourth-order valence-electron chi connectivity index (χ4n) is 1.19. The molecule has 1 aromatic rings. The molecule has 0 unspecified atom stereocenters. The zero-order chi connectivity index (χ0) is 11.5. The summed E-state index contributed by atoms with van der Waals surface area (Å²) in [5.41, 5.74) is 0.404. The second-order valence-electron chi connectivity index (χ2n) is 4.39. The zero-order valence-electron chi connectivity index (χ0n) is 9.21. The molecule has 0 aliphatic rings. The Balaban J connectivity index is 2.68. The minimum Gasteiger partial charge on any atom is -0.488 e. The van der Waals surface area contributed by atoms with E-state index in [4.69, 9.17) is 4.74 Å². The molecule has 0 spiro atoms. The highest BCUT2D eigenvalue weighted by Crippen LogP contribution is 2.18. The van der Waals surface area contributed by atoms with E-state index in [0.717, 1.165) is 5.75 Å². The second-order valence-corrected chi connectivity index (χ2v) is 4.39. The summed E-state index contributed by atoms with van der Waals surface area (Å²) in [7, 11) is 0. The van der Waals surface area contributed by atoms with Gasteiger partial charge in [0.1, 0.15) is 11.4 Å². The van der Waals surface area contributed by atoms with E-state index in [-0.39, 0.29) is 12.0 Å². The van der Waals surface area contributed by atoms with E-state index in [2.05, 4.69) is 0 Å². The summed E-state index contributed by atoms with van der Waals surface area (Å²) in [6.45, 7) is 5.85. The summed E-state index contributed by atoms with van der Waals surface area (Å²) in [6.07, 6.45) is -0.171. The van der Waals surface area contributed by atoms with E-state index >= 15 is 0 Å². The molecule has 1 rings (SSSR count). The molecule has 0 fully saturated rings. The van der Waals surface area contributed by atoms with Crippen molar-refractivity contribution in [1.29, 1.82) is 0 Å². The van der Waals surface area contributed by atoms with Crippen LogP contribution in [-0.2, 0) is 11.2 Å². The van der Waals surface area contributed by atoms with Crippen LogP contribution in [0, 0.1) is 0 Å². The molecule has 0 N–H and O–H groups in total. The first-order valence-corrected chi connectivity index (χ1v) is 4.83. The average molecular weight is 210 g/mol. The first-order valence-electron chi connectivity index (χ1n) is 4.83. The van der Waals surface area contributed by atoms with Gasteiger partial charge in [-0.2, -0.15) is 4.39 Å². The van der Waals surface area contributed by atoms with Gasteiger partial charge in [-0.3, -0.25) is 4.79 Å². The molecule has 0 amide bonds. The smallest absolute Gasteiger partial charge is 0.305 e. The van der Waals surface area contributed by atoms with Gasteiger partial charge in [0, 0.05) is 0 Å². The third-order valence-electron chi connectivity index (χ3n) is 1.69. The summed E-state index contributed by atoms with van der Waals surface area (Å²) in [6, 6.07) is 5.55. The maximum absolute atomic E-state index is 12.1. The Morgan fingerprint density at radius 3 is 2.20 bits per heavy atom. The predicted molar refractivity (Wildman–Crippen MR) is 56.6 cm³/mol. The van der Waals surface area contributed by atoms with Crippen molar-refractivity contribution >= 4 is 6.04 Å². The van der Waals surface area contributed by atoms with Crippen LogP contribution in [0.3, 0.4) is 0 Å². The third kappa shape index (κ3) is 4.58. The Labute approximate surface area is 89.1 Å². The molecular formula is C12H15FO2. The Bertz CT molecular complexity index is 336. The fourth-order valence-corrected chi connectivity index (χ4v) is 1.19. The lowest BCUT2D eigenvalue weighted by atomic mass is 10.1. The Morgan fingerprint density at radius 1 is 1.27 bits per heavy atom. The van der Waals surface area contributed by atoms with E-state index in [0.29, 0.717) is 5.56 Å². The molecule has 15 heavy (non-hydrogen) atoms. The van der Waals surface area contributed by atoms with Crippen LogP contribution < -0.4 is 4.74 Å². The fraction of sp³-hybridized carbons (Fsp3) is 0.417. The number of benzene rings is 1. The van der Waals surface area contributed by atoms with Gasteiger partial charge in [-0.05, 0) is 38.5 Å². The van der Waals surface area contributed by atoms with Crippen molar-refractivity contribution in [2.75, 3.05) is 0 Å². The molecule has 0 saturated heterocycles. The maximum Gasteiger partial charge on any atom is 0.305 e. The van der Waals surface area contributed by atoms with Crippen LogP contribution in [0.1, 0.15) is 26.3 Å². The van der Waals surface area contributed by atoms with Gasteiger partial charge in [0.25, 0.3) is 0 Å². The number of carbonyl (C=O) groups is 1. The number of carbonyl (C=O) groups excluding carboxylic acids is 1. The molecule has 2 nitrogen and oxygen atoms in total. The van der Waals surface area contributed by atoms with Crippen molar-refractivity contribution in [3.8, 4) is 5.75 Å². The standard InChI is InChI=1S/C12H15FO2/c1-12(2,3)15-10-6-4-9(5-7-10)8-11(13)14/h4-7H,8H2,1-3H3. The highest BCUT2D eigenvalue weighted by Gasteiger charge is 2.11. The van der Waals surface area contributed by atoms with E-state index in [9.17, 15) is 9.18 Å². The predicted octanol–water partition coefficient (Wildman–Crippen LogP) is 2.90. The van der Waals surface area contributed by atoms with Crippen LogP contribution in [0.4, 0.5) is 4.39 Å². The zero-order valence-corrected chi connectivity index (χ0v) is 9.21. The molecule has 0 aliphatic heterocycles. The summed E-state index contributed by atoms with van der Waals surface area (Å²) in [5.74, 6) is 0.720. The first-order chi connectivity index (χ1) is 6.87. The third-order valence-corrected chi connectivity index (χ3v) is 1.69. The van der Waals surface area contributed by atoms with Gasteiger partial charge < -0.3 is 4.74 Å². The van der Waals surface area contributed by atoms with E-state index in [1.807, 2.05) is 20.8 Å². The minimum atomic E-state index is -1.32. The van der Waals surface area contributed by atoms with Crippen molar-refractivity contribution < 1.29 is 13.9 Å². The van der Waals surface area contributed by atoms with Crippen molar-refractivity contribution in [3.05, 3.63) is 29.8 Å². The van der Waals surface area contributed by atoms with Gasteiger partial charge in [-0.1, -0.05) is 12.1 Å². The number of hydrogen-bond acceptors (Lipinski definition) is 2. The number of halogens is 1. The second kappa shape index (κ2) is 4.43. The Kier molecular flexibility index (Phi) is 3.45. The molecule has 0 atom stereocenters. The van der Waals surface area contributed by atoms with E-state index in [1.54, 1.807) is 24.3 Å². The normalized spacial score (nSPS) is 11.2. The summed E-state index contributed by atoms with van der Waals surface area (Å²) < 4.78 is 17.7. The van der Waals surface area contributed by atoms with Crippen molar-refractivity contribution in [2.45, 2.75) is 32.8 Å². The highest BCUT2D eigenvalue weighted by molar-refractivity contribution is 5.71. The summed E-state index contributed by atoms with van der Waals surface area (Å²) in [4.78, 5) is 10.2. The lowest BCUT2D eigenvalue weighted by molar-refractivity contribution is -0.128. The molecule has 3 heteroatoms. The largest absolute Gasteiger partial charge is 0.488 e. The van der Waals surface area contributed by atoms with Gasteiger partial charge in [0.15, 0.2) is 0 Å². The molecule has 0 saturated carbocycles. The average Bonchev–Trinajstić information content (AvgIpc) is 2.05. The Morgan fingerprint density at radius 2 is 1.80 bits per heavy atom. The lowest BCUT2D eigenvalue weighted by Crippen LogP contribution is -2.22. The Hall–Kier alpha value is -1.38. The lowest BCUT2D eigenvalue weighted by Gasteiger charge is -2.21. The quantitative estimate of drug-likeness (QED) is 0.717. The van der Waals surface area contributed by atoms with Crippen LogP contribution in [0.5, 0.6) is 5.75 Å². The van der Waals surface area contributed by atoms with Gasteiger partial charge in [-0.25, -0.2) is 0 Å². The van der Waals surface area contributed by atoms with Gasteiger partial charge in [0.05, 0.1) is 6.42 Å². The van der Waals surface area contributed by atoms with Gasteiger partial charge in [0.2, 0.25) is 0 Å². The molecule has 82 valence electrons. The molecule has 0 aromatic heterocycles. The van der Waals surface area contributed by atoms with Crippen molar-refractivity contribution in [1.82, 2.24) is 0 Å². The molecule has 0 aliphatic carbocycles. The van der Waals surface area contributed by atoms with Crippen LogP contribution in [0.15, 0.2) is 24.3 Å². The minimum absolute atomic E-state index is 0.171. The molecule has 0 bridgehead atoms. The monoisotopic (exact) mass is 210 g/mol. The highest BCUT2D eigenvalue weighted by atomic mass is 19.1. The molecular weight excluding hydrogens is 195 g/mol. The summed E-state index contributed by atoms with van der Waals surface area (Å²) in [5, 5.41) is 0. The first kappa shape index (κ1) is 11.7. The SMILES string of the molecule is CC(C)(C)Oc1ccc(CC(=O)F)cc1. The van der Waals surface area contributed by atoms with Crippen LogP contribution >= 0.6 is 0 Å². The van der Waals surface area contributed by atoms with Crippen LogP contribution in [0.25, 0.3) is 0 Å². The topological polar surface area (TPSA) is 26.3 Å². The summed E-state index contributed by atoms with van der Waals surface area (Å²) >= 11 is 0. The molecule has 0 radical (unpaired) electrons.